The van der Waals surface area contributed by atoms with Crippen molar-refractivity contribution in [1.82, 2.24) is 0 Å². The number of rotatable bonds is 4. The summed E-state index contributed by atoms with van der Waals surface area (Å²) in [5.41, 5.74) is 5.42. The molecule has 1 aliphatic heterocycles. The Balaban J connectivity index is 2.49. The molecule has 1 heterocycles. The molecule has 0 spiro atoms. The van der Waals surface area contributed by atoms with Gasteiger partial charge in [-0.2, -0.15) is 0 Å². The molecule has 0 aromatic rings. The molecule has 1 saturated heterocycles. The minimum Gasteiger partial charge on any atom is -0.389 e. The second kappa shape index (κ2) is 5.95. The molecule has 0 aliphatic carbocycles. The number of ether oxygens (including phenoxy) is 1. The lowest BCUT2D eigenvalue weighted by Gasteiger charge is -2.37. The molecule has 0 aromatic heterocycles. The third-order valence-corrected chi connectivity index (χ3v) is 2.71. The first-order chi connectivity index (χ1) is 7.43. The van der Waals surface area contributed by atoms with Gasteiger partial charge in [0.15, 0.2) is 0 Å². The molecule has 0 radical (unpaired) electrons. The van der Waals surface area contributed by atoms with E-state index in [1.165, 1.54) is 0 Å². The highest BCUT2D eigenvalue weighted by Gasteiger charge is 2.41. The molecule has 0 amide bonds. The van der Waals surface area contributed by atoms with E-state index in [0.717, 1.165) is 0 Å². The Hall–Kier alpha value is -0.180. The lowest BCUT2D eigenvalue weighted by Crippen LogP contribution is -2.60. The summed E-state index contributed by atoms with van der Waals surface area (Å²) < 4.78 is 19.5. The molecule has 16 heavy (non-hydrogen) atoms. The summed E-state index contributed by atoms with van der Waals surface area (Å²) in [6.07, 6.45) is -4.98. The zero-order valence-electron chi connectivity index (χ0n) is 8.34. The summed E-state index contributed by atoms with van der Waals surface area (Å²) in [6.45, 7) is -0.499. The van der Waals surface area contributed by atoms with Gasteiger partial charge >= 0.3 is 8.25 Å². The van der Waals surface area contributed by atoms with Crippen LogP contribution in [0.3, 0.4) is 0 Å². The van der Waals surface area contributed by atoms with Gasteiger partial charge in [-0.05, 0) is 0 Å². The van der Waals surface area contributed by atoms with Crippen LogP contribution in [0.1, 0.15) is 0 Å². The Kier molecular flexibility index (Phi) is 5.16. The van der Waals surface area contributed by atoms with Gasteiger partial charge in [0.25, 0.3) is 0 Å². The number of nitrogens with two attached hydrogens (primary N) is 1. The Morgan fingerprint density at radius 2 is 2.12 bits per heavy atom. The van der Waals surface area contributed by atoms with Crippen LogP contribution in [0.25, 0.3) is 0 Å². The fraction of sp³-hybridized carbons (Fsp3) is 1.00. The summed E-state index contributed by atoms with van der Waals surface area (Å²) in [4.78, 5) is 8.36. The van der Waals surface area contributed by atoms with Crippen LogP contribution in [0, 0.1) is 0 Å². The van der Waals surface area contributed by atoms with Crippen molar-refractivity contribution in [3.63, 3.8) is 0 Å². The van der Waals surface area contributed by atoms with Crippen LogP contribution in [0.15, 0.2) is 0 Å². The zero-order chi connectivity index (χ0) is 12.3. The maximum Gasteiger partial charge on any atom is 0.694 e. The van der Waals surface area contributed by atoms with Crippen molar-refractivity contribution in [2.24, 2.45) is 5.73 Å². The summed E-state index contributed by atoms with van der Waals surface area (Å²) in [5, 5.41) is 28.5. The van der Waals surface area contributed by atoms with Gasteiger partial charge in [-0.1, -0.05) is 0 Å². The molecule has 6 N–H and O–H groups in total. The van der Waals surface area contributed by atoms with Crippen LogP contribution in [-0.2, 0) is 13.8 Å². The number of hydrogen-bond donors (Lipinski definition) is 5. The Morgan fingerprint density at radius 3 is 2.69 bits per heavy atom. The molecule has 0 bridgehead atoms. The van der Waals surface area contributed by atoms with E-state index in [1.54, 1.807) is 0 Å². The highest BCUT2D eigenvalue weighted by atomic mass is 31.1. The average molecular weight is 256 g/mol. The molecule has 1 rings (SSSR count). The fourth-order valence-corrected chi connectivity index (χ4v) is 1.72. The molecule has 1 aliphatic rings. The van der Waals surface area contributed by atoms with E-state index in [1.807, 2.05) is 0 Å². The number of aliphatic hydroxyl groups is 3. The highest BCUT2D eigenvalue weighted by molar-refractivity contribution is 7.32. The van der Waals surface area contributed by atoms with Gasteiger partial charge in [0.1, 0.15) is 24.9 Å². The first kappa shape index (κ1) is 13.9. The second-order valence-corrected chi connectivity index (χ2v) is 4.28. The van der Waals surface area contributed by atoms with Crippen LogP contribution in [0.4, 0.5) is 0 Å². The van der Waals surface area contributed by atoms with Crippen molar-refractivity contribution in [3.05, 3.63) is 0 Å². The monoisotopic (exact) mass is 256 g/mol. The minimum atomic E-state index is -2.82. The van der Waals surface area contributed by atoms with Crippen molar-refractivity contribution >= 4 is 8.25 Å². The van der Waals surface area contributed by atoms with Gasteiger partial charge < -0.3 is 25.8 Å². The fourth-order valence-electron chi connectivity index (χ4n) is 1.44. The van der Waals surface area contributed by atoms with Gasteiger partial charge in [0.2, 0.25) is 0 Å². The quantitative estimate of drug-likeness (QED) is 0.346. The highest BCUT2D eigenvalue weighted by Crippen LogP contribution is 2.20. The standard InChI is InChI=1S/C7H14NO7P/c8-3-1-14-7(6(11)5(3)10)4(9)2-15-16(12)13/h3-7,9-11H,1-2,8H2/p+1. The summed E-state index contributed by atoms with van der Waals surface area (Å²) in [6, 6.07) is -0.728. The molecule has 8 nitrogen and oxygen atoms in total. The van der Waals surface area contributed by atoms with Crippen LogP contribution in [-0.4, -0.2) is 63.9 Å². The molecular formula is C7H15NO7P+. The Labute approximate surface area is 92.5 Å². The lowest BCUT2D eigenvalue weighted by atomic mass is 9.95. The minimum absolute atomic E-state index is 0.0226. The lowest BCUT2D eigenvalue weighted by molar-refractivity contribution is -0.181. The van der Waals surface area contributed by atoms with E-state index in [2.05, 4.69) is 4.52 Å². The van der Waals surface area contributed by atoms with E-state index in [-0.39, 0.29) is 6.61 Å². The average Bonchev–Trinajstić information content (AvgIpc) is 2.23. The molecule has 0 saturated carbocycles. The zero-order valence-corrected chi connectivity index (χ0v) is 9.23. The molecule has 0 aromatic carbocycles. The summed E-state index contributed by atoms with van der Waals surface area (Å²) in [7, 11) is -2.82. The van der Waals surface area contributed by atoms with Crippen LogP contribution in [0.2, 0.25) is 0 Å². The smallest absolute Gasteiger partial charge is 0.389 e. The van der Waals surface area contributed by atoms with Crippen molar-refractivity contribution in [2.45, 2.75) is 30.5 Å². The Bertz CT molecular complexity index is 253. The van der Waals surface area contributed by atoms with Crippen LogP contribution in [0.5, 0.6) is 0 Å². The second-order valence-electron chi connectivity index (χ2n) is 3.54. The predicted octanol–water partition coefficient (Wildman–Crippen LogP) is -2.54. The Morgan fingerprint density at radius 1 is 1.50 bits per heavy atom. The van der Waals surface area contributed by atoms with E-state index >= 15 is 0 Å². The molecular weight excluding hydrogens is 241 g/mol. The van der Waals surface area contributed by atoms with Gasteiger partial charge in [-0.15, -0.1) is 9.42 Å². The first-order valence-corrected chi connectivity index (χ1v) is 5.77. The van der Waals surface area contributed by atoms with Crippen molar-refractivity contribution in [2.75, 3.05) is 13.2 Å². The molecule has 6 atom stereocenters. The molecule has 6 unspecified atom stereocenters. The largest absolute Gasteiger partial charge is 0.694 e. The predicted molar refractivity (Wildman–Crippen MR) is 51.5 cm³/mol. The van der Waals surface area contributed by atoms with Crippen molar-refractivity contribution in [1.29, 1.82) is 0 Å². The van der Waals surface area contributed by atoms with Gasteiger partial charge in [0, 0.05) is 4.57 Å². The van der Waals surface area contributed by atoms with E-state index in [9.17, 15) is 19.9 Å². The van der Waals surface area contributed by atoms with Crippen LogP contribution >= 0.6 is 8.25 Å². The van der Waals surface area contributed by atoms with Crippen molar-refractivity contribution in [3.8, 4) is 0 Å². The normalized spacial score (nSPS) is 38.2. The van der Waals surface area contributed by atoms with Gasteiger partial charge in [-0.3, -0.25) is 0 Å². The van der Waals surface area contributed by atoms with Crippen molar-refractivity contribution < 1.29 is 34.0 Å². The topological polar surface area (TPSA) is 142 Å². The maximum absolute atomic E-state index is 10.2. The SMILES string of the molecule is NC1COC(C(O)CO[P+](=O)O)C(O)C1O. The van der Waals surface area contributed by atoms with E-state index in [0.29, 0.717) is 0 Å². The van der Waals surface area contributed by atoms with E-state index in [4.69, 9.17) is 15.4 Å². The number of aliphatic hydroxyl groups excluding tert-OH is 3. The van der Waals surface area contributed by atoms with Gasteiger partial charge in [-0.25, -0.2) is 0 Å². The first-order valence-electron chi connectivity index (χ1n) is 4.64. The molecule has 94 valence electrons. The third-order valence-electron chi connectivity index (χ3n) is 2.34. The number of hydrogen-bond acceptors (Lipinski definition) is 7. The van der Waals surface area contributed by atoms with Gasteiger partial charge in [0.05, 0.1) is 18.8 Å². The van der Waals surface area contributed by atoms with E-state index < -0.39 is 45.3 Å². The maximum atomic E-state index is 10.2. The summed E-state index contributed by atoms with van der Waals surface area (Å²) in [5.74, 6) is 0. The third kappa shape index (κ3) is 3.41. The summed E-state index contributed by atoms with van der Waals surface area (Å²) >= 11 is 0. The molecule has 1 fully saturated rings. The molecule has 9 heteroatoms. The van der Waals surface area contributed by atoms with Crippen LogP contribution < -0.4 is 5.73 Å².